The van der Waals surface area contributed by atoms with Crippen LogP contribution in [0.15, 0.2) is 59.3 Å². The molecule has 0 aliphatic rings. The van der Waals surface area contributed by atoms with Crippen molar-refractivity contribution in [2.45, 2.75) is 6.61 Å². The third-order valence-electron chi connectivity index (χ3n) is 3.33. The summed E-state index contributed by atoms with van der Waals surface area (Å²) in [7, 11) is 0. The van der Waals surface area contributed by atoms with Crippen LogP contribution >= 0.6 is 22.7 Å². The molecule has 3 aromatic rings. The largest absolute Gasteiger partial charge is 0.457 e. The Morgan fingerprint density at radius 1 is 1.08 bits per heavy atom. The van der Waals surface area contributed by atoms with Gasteiger partial charge in [0.05, 0.1) is 17.2 Å². The average Bonchev–Trinajstić information content (AvgIpc) is 3.31. The van der Waals surface area contributed by atoms with E-state index in [0.717, 1.165) is 9.75 Å². The minimum absolute atomic E-state index is 0.0791. The highest BCUT2D eigenvalue weighted by Gasteiger charge is 2.16. The molecule has 0 aliphatic carbocycles. The topological polar surface area (TPSA) is 50.1 Å². The molecule has 0 atom stereocenters. The number of esters is 1. The maximum Gasteiger partial charge on any atom is 0.339 e. The van der Waals surface area contributed by atoms with Crippen molar-refractivity contribution < 1.29 is 9.53 Å². The van der Waals surface area contributed by atoms with Gasteiger partial charge in [0.15, 0.2) is 0 Å². The Morgan fingerprint density at radius 2 is 1.88 bits per heavy atom. The number of thiophene rings is 2. The lowest BCUT2D eigenvalue weighted by atomic mass is 10.1. The van der Waals surface area contributed by atoms with Crippen LogP contribution in [-0.4, -0.2) is 5.97 Å². The van der Waals surface area contributed by atoms with E-state index in [-0.39, 0.29) is 6.61 Å². The molecular formula is C19H13NO2S2. The van der Waals surface area contributed by atoms with E-state index >= 15 is 0 Å². The van der Waals surface area contributed by atoms with E-state index in [0.29, 0.717) is 16.7 Å². The van der Waals surface area contributed by atoms with Crippen LogP contribution in [0, 0.1) is 11.3 Å². The standard InChI is InChI=1S/C19H13NO2S2/c20-12-14-5-1-2-6-15(14)13-22-19(21)17(18-8-4-10-24-18)11-16-7-3-9-23-16/h1-11H,13H2/b17-11+. The zero-order valence-electron chi connectivity index (χ0n) is 12.6. The molecule has 2 aromatic heterocycles. The minimum atomic E-state index is -0.390. The summed E-state index contributed by atoms with van der Waals surface area (Å²) in [6, 6.07) is 16.9. The van der Waals surface area contributed by atoms with Crippen LogP contribution in [0.2, 0.25) is 0 Å². The van der Waals surface area contributed by atoms with E-state index in [2.05, 4.69) is 6.07 Å². The summed E-state index contributed by atoms with van der Waals surface area (Å²) in [5.74, 6) is -0.390. The number of carbonyl (C=O) groups is 1. The predicted octanol–water partition coefficient (Wildman–Crippen LogP) is 4.97. The van der Waals surface area contributed by atoms with Gasteiger partial charge >= 0.3 is 5.97 Å². The van der Waals surface area contributed by atoms with Crippen molar-refractivity contribution in [1.82, 2.24) is 0 Å². The first-order valence-electron chi connectivity index (χ1n) is 7.22. The smallest absolute Gasteiger partial charge is 0.339 e. The number of ether oxygens (including phenoxy) is 1. The van der Waals surface area contributed by atoms with Gasteiger partial charge in [0, 0.05) is 15.3 Å². The van der Waals surface area contributed by atoms with Crippen LogP contribution in [0.1, 0.15) is 20.9 Å². The molecule has 0 spiro atoms. The summed E-state index contributed by atoms with van der Waals surface area (Å²) in [6.45, 7) is 0.0791. The average molecular weight is 351 g/mol. The number of hydrogen-bond donors (Lipinski definition) is 0. The lowest BCUT2D eigenvalue weighted by Crippen LogP contribution is -2.07. The van der Waals surface area contributed by atoms with Crippen LogP contribution in [-0.2, 0) is 16.1 Å². The van der Waals surface area contributed by atoms with E-state index in [1.54, 1.807) is 29.5 Å². The molecule has 0 saturated carbocycles. The predicted molar refractivity (Wildman–Crippen MR) is 97.5 cm³/mol. The Hall–Kier alpha value is -2.68. The molecule has 0 bridgehead atoms. The van der Waals surface area contributed by atoms with Gasteiger partial charge in [-0.2, -0.15) is 5.26 Å². The zero-order chi connectivity index (χ0) is 16.8. The molecular weight excluding hydrogens is 338 g/mol. The molecule has 0 aliphatic heterocycles. The van der Waals surface area contributed by atoms with Gasteiger partial charge in [-0.25, -0.2) is 4.79 Å². The molecule has 2 heterocycles. The molecule has 0 saturated heterocycles. The number of carbonyl (C=O) groups excluding carboxylic acids is 1. The Bertz CT molecular complexity index is 888. The van der Waals surface area contributed by atoms with E-state index in [1.165, 1.54) is 11.3 Å². The summed E-state index contributed by atoms with van der Waals surface area (Å²) in [5.41, 5.74) is 1.75. The molecule has 0 fully saturated rings. The Balaban J connectivity index is 1.81. The quantitative estimate of drug-likeness (QED) is 0.482. The van der Waals surface area contributed by atoms with E-state index in [1.807, 2.05) is 47.2 Å². The van der Waals surface area contributed by atoms with Crippen molar-refractivity contribution in [1.29, 1.82) is 5.26 Å². The van der Waals surface area contributed by atoms with Gasteiger partial charge in [0.1, 0.15) is 6.61 Å². The maximum absolute atomic E-state index is 12.6. The van der Waals surface area contributed by atoms with Crippen molar-refractivity contribution in [3.8, 4) is 6.07 Å². The van der Waals surface area contributed by atoms with Crippen LogP contribution in [0.3, 0.4) is 0 Å². The van der Waals surface area contributed by atoms with Crippen LogP contribution in [0.4, 0.5) is 0 Å². The Kier molecular flexibility index (Phi) is 5.22. The number of nitrogens with zero attached hydrogens (tertiary/aromatic N) is 1. The Morgan fingerprint density at radius 3 is 2.58 bits per heavy atom. The summed E-state index contributed by atoms with van der Waals surface area (Å²) in [5, 5.41) is 13.0. The van der Waals surface area contributed by atoms with E-state index in [9.17, 15) is 4.79 Å². The summed E-state index contributed by atoms with van der Waals surface area (Å²) in [4.78, 5) is 14.4. The first-order chi connectivity index (χ1) is 11.8. The summed E-state index contributed by atoms with van der Waals surface area (Å²) >= 11 is 3.06. The molecule has 0 unspecified atom stereocenters. The van der Waals surface area contributed by atoms with E-state index < -0.39 is 5.97 Å². The van der Waals surface area contributed by atoms with Gasteiger partial charge in [-0.05, 0) is 35.0 Å². The molecule has 118 valence electrons. The van der Waals surface area contributed by atoms with Gasteiger partial charge in [-0.3, -0.25) is 0 Å². The van der Waals surface area contributed by atoms with Gasteiger partial charge in [-0.1, -0.05) is 30.3 Å². The van der Waals surface area contributed by atoms with Crippen molar-refractivity contribution >= 4 is 40.3 Å². The highest BCUT2D eigenvalue weighted by Crippen LogP contribution is 2.26. The molecule has 3 rings (SSSR count). The number of benzene rings is 1. The third-order valence-corrected chi connectivity index (χ3v) is 5.06. The number of hydrogen-bond acceptors (Lipinski definition) is 5. The van der Waals surface area contributed by atoms with Crippen LogP contribution in [0.5, 0.6) is 0 Å². The lowest BCUT2D eigenvalue weighted by molar-refractivity contribution is -0.137. The molecule has 0 N–H and O–H groups in total. The van der Waals surface area contributed by atoms with Crippen molar-refractivity contribution in [2.75, 3.05) is 0 Å². The fraction of sp³-hybridized carbons (Fsp3) is 0.0526. The number of nitriles is 1. The Labute approximate surface area is 148 Å². The molecule has 24 heavy (non-hydrogen) atoms. The fourth-order valence-corrected chi connectivity index (χ4v) is 3.54. The second-order valence-electron chi connectivity index (χ2n) is 4.90. The van der Waals surface area contributed by atoms with Crippen molar-refractivity contribution in [2.24, 2.45) is 0 Å². The maximum atomic E-state index is 12.6. The van der Waals surface area contributed by atoms with E-state index in [4.69, 9.17) is 10.00 Å². The summed E-state index contributed by atoms with van der Waals surface area (Å²) < 4.78 is 5.46. The third kappa shape index (κ3) is 3.80. The minimum Gasteiger partial charge on any atom is -0.457 e. The molecule has 0 amide bonds. The second kappa shape index (κ2) is 7.73. The van der Waals surface area contributed by atoms with Crippen LogP contribution < -0.4 is 0 Å². The molecule has 3 nitrogen and oxygen atoms in total. The molecule has 5 heteroatoms. The lowest BCUT2D eigenvalue weighted by Gasteiger charge is -2.08. The molecule has 1 aromatic carbocycles. The fourth-order valence-electron chi connectivity index (χ4n) is 2.15. The van der Waals surface area contributed by atoms with Gasteiger partial charge in [0.25, 0.3) is 0 Å². The normalized spacial score (nSPS) is 11.0. The zero-order valence-corrected chi connectivity index (χ0v) is 14.3. The van der Waals surface area contributed by atoms with Crippen molar-refractivity contribution in [3.05, 3.63) is 80.2 Å². The van der Waals surface area contributed by atoms with Gasteiger partial charge in [0.2, 0.25) is 0 Å². The second-order valence-corrected chi connectivity index (χ2v) is 6.82. The molecule has 0 radical (unpaired) electrons. The summed E-state index contributed by atoms with van der Waals surface area (Å²) in [6.07, 6.45) is 1.84. The van der Waals surface area contributed by atoms with Gasteiger partial charge in [-0.15, -0.1) is 22.7 Å². The highest BCUT2D eigenvalue weighted by molar-refractivity contribution is 7.12. The van der Waals surface area contributed by atoms with Gasteiger partial charge < -0.3 is 4.74 Å². The monoisotopic (exact) mass is 351 g/mol. The van der Waals surface area contributed by atoms with Crippen LogP contribution in [0.25, 0.3) is 11.6 Å². The first kappa shape index (κ1) is 16.2. The number of rotatable bonds is 5. The highest BCUT2D eigenvalue weighted by atomic mass is 32.1. The SMILES string of the molecule is N#Cc1ccccc1COC(=O)/C(=C/c1cccs1)c1cccs1. The van der Waals surface area contributed by atoms with Crippen molar-refractivity contribution in [3.63, 3.8) is 0 Å². The first-order valence-corrected chi connectivity index (χ1v) is 8.98.